The Morgan fingerprint density at radius 3 is 2.16 bits per heavy atom. The third-order valence-corrected chi connectivity index (χ3v) is 4.08. The number of unbranched alkanes of at least 4 members (excludes halogenated alkanes) is 3. The molecule has 1 atom stereocenters. The van der Waals surface area contributed by atoms with Crippen molar-refractivity contribution >= 4 is 10.1 Å². The first-order chi connectivity index (χ1) is 8.45. The van der Waals surface area contributed by atoms with Gasteiger partial charge in [0.05, 0.1) is 4.90 Å². The van der Waals surface area contributed by atoms with E-state index in [2.05, 4.69) is 13.8 Å². The van der Waals surface area contributed by atoms with Crippen molar-refractivity contribution in [2.45, 2.75) is 56.8 Å². The van der Waals surface area contributed by atoms with E-state index in [1.807, 2.05) is 0 Å². The van der Waals surface area contributed by atoms with Crippen molar-refractivity contribution in [3.63, 3.8) is 0 Å². The number of hydrogen-bond donors (Lipinski definition) is 0. The molecule has 0 aliphatic heterocycles. The molecule has 0 spiro atoms. The minimum absolute atomic E-state index is 0. The summed E-state index contributed by atoms with van der Waals surface area (Å²) in [4.78, 5) is -0.149. The van der Waals surface area contributed by atoms with Crippen LogP contribution in [0.4, 0.5) is 0 Å². The van der Waals surface area contributed by atoms with Crippen LogP contribution < -0.4 is 29.6 Å². The first kappa shape index (κ1) is 19.1. The minimum atomic E-state index is -4.32. The van der Waals surface area contributed by atoms with Crippen molar-refractivity contribution in [3.8, 4) is 0 Å². The molecule has 1 aromatic carbocycles. The smallest absolute Gasteiger partial charge is 0.744 e. The molecule has 0 radical (unpaired) electrons. The van der Waals surface area contributed by atoms with Crippen molar-refractivity contribution in [1.82, 2.24) is 0 Å². The van der Waals surface area contributed by atoms with Crippen molar-refractivity contribution in [2.24, 2.45) is 0 Å². The molecule has 0 amide bonds. The monoisotopic (exact) mass is 292 g/mol. The molecule has 1 aromatic rings. The van der Waals surface area contributed by atoms with Crippen LogP contribution in [0.25, 0.3) is 0 Å². The summed E-state index contributed by atoms with van der Waals surface area (Å²) in [5.74, 6) is 0.408. The summed E-state index contributed by atoms with van der Waals surface area (Å²) in [5.41, 5.74) is 1.10. The zero-order valence-corrected chi connectivity index (χ0v) is 14.9. The first-order valence-electron chi connectivity index (χ1n) is 6.51. The van der Waals surface area contributed by atoms with Gasteiger partial charge in [0, 0.05) is 0 Å². The van der Waals surface area contributed by atoms with E-state index in [0.717, 1.165) is 12.0 Å². The first-order valence-corrected chi connectivity index (χ1v) is 7.92. The average molecular weight is 292 g/mol. The normalized spacial score (nSPS) is 12.8. The summed E-state index contributed by atoms with van der Waals surface area (Å²) in [6, 6.07) is 6.30. The van der Waals surface area contributed by atoms with Gasteiger partial charge >= 0.3 is 29.6 Å². The molecule has 0 bridgehead atoms. The second-order valence-corrected chi connectivity index (χ2v) is 6.15. The number of benzene rings is 1. The Balaban J connectivity index is 0.00000324. The molecule has 1 unspecified atom stereocenters. The fourth-order valence-electron chi connectivity index (χ4n) is 2.01. The van der Waals surface area contributed by atoms with E-state index < -0.39 is 10.1 Å². The van der Waals surface area contributed by atoms with Gasteiger partial charge in [-0.1, -0.05) is 51.7 Å². The zero-order valence-electron chi connectivity index (χ0n) is 12.1. The Hall–Kier alpha value is 0.130. The summed E-state index contributed by atoms with van der Waals surface area (Å²) in [6.45, 7) is 4.32. The number of rotatable bonds is 7. The van der Waals surface area contributed by atoms with Crippen LogP contribution >= 0.6 is 0 Å². The zero-order chi connectivity index (χ0) is 13.6. The van der Waals surface area contributed by atoms with E-state index in [-0.39, 0.29) is 34.5 Å². The second-order valence-electron chi connectivity index (χ2n) is 4.77. The van der Waals surface area contributed by atoms with Crippen LogP contribution in [0.2, 0.25) is 0 Å². The molecule has 0 heterocycles. The molecule has 5 heteroatoms. The molecule has 0 aliphatic rings. The van der Waals surface area contributed by atoms with Crippen LogP contribution in [0.1, 0.15) is 57.4 Å². The van der Waals surface area contributed by atoms with Gasteiger partial charge < -0.3 is 4.55 Å². The van der Waals surface area contributed by atoms with E-state index in [4.69, 9.17) is 0 Å². The van der Waals surface area contributed by atoms with Gasteiger partial charge in [-0.2, -0.15) is 0 Å². The topological polar surface area (TPSA) is 57.2 Å². The maximum absolute atomic E-state index is 10.8. The molecule has 0 aromatic heterocycles. The van der Waals surface area contributed by atoms with Crippen LogP contribution in [0.15, 0.2) is 29.2 Å². The minimum Gasteiger partial charge on any atom is -0.744 e. The second kappa shape index (κ2) is 9.14. The van der Waals surface area contributed by atoms with E-state index in [1.54, 1.807) is 12.1 Å². The van der Waals surface area contributed by atoms with Crippen LogP contribution in [0.3, 0.4) is 0 Å². The SMILES string of the molecule is CCCCCCC(C)c1ccc(S(=O)(=O)[O-])cc1.[Na+]. The summed E-state index contributed by atoms with van der Waals surface area (Å²) < 4.78 is 32.4. The van der Waals surface area contributed by atoms with Gasteiger partial charge in [0.2, 0.25) is 0 Å². The van der Waals surface area contributed by atoms with Crippen LogP contribution in [-0.4, -0.2) is 13.0 Å². The molecule has 0 saturated heterocycles. The van der Waals surface area contributed by atoms with Crippen LogP contribution in [0.5, 0.6) is 0 Å². The molecule has 0 fully saturated rings. The van der Waals surface area contributed by atoms with Crippen molar-refractivity contribution in [1.29, 1.82) is 0 Å². The van der Waals surface area contributed by atoms with E-state index >= 15 is 0 Å². The molecule has 0 aliphatic carbocycles. The molecule has 0 saturated carbocycles. The van der Waals surface area contributed by atoms with Gasteiger partial charge in [-0.05, 0) is 30.0 Å². The molecule has 102 valence electrons. The molecule has 3 nitrogen and oxygen atoms in total. The molecule has 1 rings (SSSR count). The quantitative estimate of drug-likeness (QED) is 0.422. The van der Waals surface area contributed by atoms with E-state index in [1.165, 1.54) is 37.8 Å². The van der Waals surface area contributed by atoms with Gasteiger partial charge in [-0.15, -0.1) is 0 Å². The maximum Gasteiger partial charge on any atom is 1.00 e. The Morgan fingerprint density at radius 1 is 1.11 bits per heavy atom. The summed E-state index contributed by atoms with van der Waals surface area (Å²) in [6.07, 6.45) is 6.03. The summed E-state index contributed by atoms with van der Waals surface area (Å²) >= 11 is 0. The predicted octanol–water partition coefficient (Wildman–Crippen LogP) is 0.669. The van der Waals surface area contributed by atoms with Crippen molar-refractivity contribution < 1.29 is 42.5 Å². The van der Waals surface area contributed by atoms with Gasteiger partial charge in [-0.25, -0.2) is 8.42 Å². The summed E-state index contributed by atoms with van der Waals surface area (Å²) in [5, 5.41) is 0. The Bertz CT molecular complexity index is 454. The molecule has 19 heavy (non-hydrogen) atoms. The van der Waals surface area contributed by atoms with Crippen molar-refractivity contribution in [2.75, 3.05) is 0 Å². The maximum atomic E-state index is 10.8. The molecular formula is C14H21NaO3S. The van der Waals surface area contributed by atoms with Gasteiger partial charge in [0.25, 0.3) is 0 Å². The van der Waals surface area contributed by atoms with Crippen LogP contribution in [-0.2, 0) is 10.1 Å². The Morgan fingerprint density at radius 2 is 1.68 bits per heavy atom. The van der Waals surface area contributed by atoms with Crippen molar-refractivity contribution in [3.05, 3.63) is 29.8 Å². The predicted molar refractivity (Wildman–Crippen MR) is 71.6 cm³/mol. The van der Waals surface area contributed by atoms with Crippen LogP contribution in [0, 0.1) is 0 Å². The standard InChI is InChI=1S/C14H22O3S.Na/c1-3-4-5-6-7-12(2)13-8-10-14(11-9-13)18(15,16)17;/h8-12H,3-7H2,1-2H3,(H,15,16,17);/q;+1/p-1. The van der Waals surface area contributed by atoms with E-state index in [0.29, 0.717) is 5.92 Å². The fraction of sp³-hybridized carbons (Fsp3) is 0.571. The third kappa shape index (κ3) is 6.91. The molecule has 0 N–H and O–H groups in total. The largest absolute Gasteiger partial charge is 1.00 e. The van der Waals surface area contributed by atoms with E-state index in [9.17, 15) is 13.0 Å². The molecular weight excluding hydrogens is 271 g/mol. The average Bonchev–Trinajstić information content (AvgIpc) is 2.33. The van der Waals surface area contributed by atoms with Gasteiger partial charge in [0.15, 0.2) is 0 Å². The fourth-order valence-corrected chi connectivity index (χ4v) is 2.48. The summed E-state index contributed by atoms with van der Waals surface area (Å²) in [7, 11) is -4.32. The Kier molecular flexibility index (Phi) is 9.20. The Labute approximate surface area is 138 Å². The number of hydrogen-bond acceptors (Lipinski definition) is 3. The van der Waals surface area contributed by atoms with Gasteiger partial charge in [0.1, 0.15) is 10.1 Å². The third-order valence-electron chi connectivity index (χ3n) is 3.23. The van der Waals surface area contributed by atoms with Gasteiger partial charge in [-0.3, -0.25) is 0 Å².